The van der Waals surface area contributed by atoms with Gasteiger partial charge in [-0.3, -0.25) is 0 Å². The van der Waals surface area contributed by atoms with E-state index in [0.29, 0.717) is 0 Å². The first-order chi connectivity index (χ1) is 10.3. The van der Waals surface area contributed by atoms with Crippen LogP contribution in [0.4, 0.5) is 5.69 Å². The Morgan fingerprint density at radius 3 is 2.24 bits per heavy atom. The van der Waals surface area contributed by atoms with E-state index in [4.69, 9.17) is 0 Å². The highest BCUT2D eigenvalue weighted by atomic mass is 15.3. The molecule has 0 aliphatic carbocycles. The molecule has 1 radical (unpaired) electrons. The molecule has 0 N–H and O–H groups in total. The zero-order valence-corrected chi connectivity index (χ0v) is 13.7. The lowest BCUT2D eigenvalue weighted by Crippen LogP contribution is -1.99. The van der Waals surface area contributed by atoms with Gasteiger partial charge in [0.25, 0.3) is 0 Å². The number of hydrogen-bond acceptors (Lipinski definition) is 1. The average molecular weight is 285 g/mol. The zero-order valence-electron chi connectivity index (χ0n) is 13.7. The minimum Gasteiger partial charge on any atom is -0.154 e. The molecule has 1 heterocycles. The van der Waals surface area contributed by atoms with E-state index >= 15 is 0 Å². The Kier molecular flexibility index (Phi) is 6.78. The van der Waals surface area contributed by atoms with Crippen molar-refractivity contribution in [1.82, 2.24) is 5.43 Å². The van der Waals surface area contributed by atoms with Crippen LogP contribution in [0.25, 0.3) is 0 Å². The van der Waals surface area contributed by atoms with Crippen LogP contribution in [0, 0.1) is 6.92 Å². The first-order valence-electron chi connectivity index (χ1n) is 8.70. The fraction of sp³-hybridized carbons (Fsp3) is 0.632. The van der Waals surface area contributed by atoms with Crippen LogP contribution < -0.4 is 5.43 Å². The predicted molar refractivity (Wildman–Crippen MR) is 91.4 cm³/mol. The number of benzene rings is 1. The van der Waals surface area contributed by atoms with Gasteiger partial charge >= 0.3 is 0 Å². The van der Waals surface area contributed by atoms with Crippen molar-refractivity contribution in [2.24, 2.45) is 5.10 Å². The number of hydrogen-bond donors (Lipinski definition) is 0. The Labute approximate surface area is 130 Å². The van der Waals surface area contributed by atoms with E-state index in [9.17, 15) is 0 Å². The summed E-state index contributed by atoms with van der Waals surface area (Å²) in [5.74, 6) is 0. The van der Waals surface area contributed by atoms with Gasteiger partial charge in [-0.15, -0.1) is 0 Å². The van der Waals surface area contributed by atoms with E-state index in [1.807, 2.05) is 0 Å². The monoisotopic (exact) mass is 285 g/mol. The summed E-state index contributed by atoms with van der Waals surface area (Å²) >= 11 is 0. The molecule has 0 unspecified atom stereocenters. The second kappa shape index (κ2) is 8.86. The van der Waals surface area contributed by atoms with Crippen LogP contribution in [-0.2, 0) is 0 Å². The molecule has 2 rings (SSSR count). The van der Waals surface area contributed by atoms with Gasteiger partial charge in [0.2, 0.25) is 0 Å². The quantitative estimate of drug-likeness (QED) is 0.481. The lowest BCUT2D eigenvalue weighted by Gasteiger charge is -2.05. The maximum Gasteiger partial charge on any atom is 0.0950 e. The molecule has 0 amide bonds. The number of nitrogens with zero attached hydrogens (tertiary/aromatic N) is 2. The third-order valence-corrected chi connectivity index (χ3v) is 4.33. The van der Waals surface area contributed by atoms with Gasteiger partial charge in [-0.2, -0.15) is 10.5 Å². The molecule has 0 bridgehead atoms. The highest BCUT2D eigenvalue weighted by Crippen LogP contribution is 2.27. The summed E-state index contributed by atoms with van der Waals surface area (Å²) < 4.78 is 0. The van der Waals surface area contributed by atoms with Gasteiger partial charge in [-0.05, 0) is 31.4 Å². The molecule has 0 aromatic heterocycles. The first-order valence-corrected chi connectivity index (χ1v) is 8.70. The molecule has 2 nitrogen and oxygen atoms in total. The third-order valence-electron chi connectivity index (χ3n) is 4.33. The summed E-state index contributed by atoms with van der Waals surface area (Å²) in [5.41, 5.74) is 9.14. The van der Waals surface area contributed by atoms with E-state index < -0.39 is 0 Å². The second-order valence-electron chi connectivity index (χ2n) is 6.19. The highest BCUT2D eigenvalue weighted by Gasteiger charge is 2.18. The van der Waals surface area contributed by atoms with Crippen LogP contribution in [-0.4, -0.2) is 5.71 Å². The Morgan fingerprint density at radius 2 is 1.52 bits per heavy atom. The molecule has 0 saturated carbocycles. The molecule has 1 aromatic carbocycles. The van der Waals surface area contributed by atoms with Gasteiger partial charge in [0.1, 0.15) is 0 Å². The summed E-state index contributed by atoms with van der Waals surface area (Å²) in [6.07, 6.45) is 13.4. The maximum absolute atomic E-state index is 4.37. The Morgan fingerprint density at radius 1 is 0.857 bits per heavy atom. The molecule has 0 atom stereocenters. The molecule has 1 aromatic rings. The van der Waals surface area contributed by atoms with Gasteiger partial charge in [0.15, 0.2) is 0 Å². The number of rotatable bonds is 10. The average Bonchev–Trinajstić information content (AvgIpc) is 2.90. The van der Waals surface area contributed by atoms with Crippen molar-refractivity contribution < 1.29 is 0 Å². The van der Waals surface area contributed by atoms with Gasteiger partial charge in [-0.25, -0.2) is 0 Å². The Bertz CT molecular complexity index is 463. The van der Waals surface area contributed by atoms with E-state index in [2.05, 4.69) is 42.6 Å². The fourth-order valence-electron chi connectivity index (χ4n) is 3.05. The van der Waals surface area contributed by atoms with Crippen LogP contribution in [0.2, 0.25) is 0 Å². The second-order valence-corrected chi connectivity index (χ2v) is 6.19. The number of aryl methyl sites for hydroxylation is 1. The Balaban J connectivity index is 1.59. The molecular weight excluding hydrogens is 256 g/mol. The third kappa shape index (κ3) is 4.87. The van der Waals surface area contributed by atoms with Crippen LogP contribution >= 0.6 is 0 Å². The minimum absolute atomic E-state index is 1.06. The van der Waals surface area contributed by atoms with Crippen LogP contribution in [0.15, 0.2) is 23.3 Å². The zero-order chi connectivity index (χ0) is 14.9. The normalized spacial score (nSPS) is 13.0. The van der Waals surface area contributed by atoms with Crippen molar-refractivity contribution in [2.75, 3.05) is 0 Å². The van der Waals surface area contributed by atoms with Gasteiger partial charge in [0.05, 0.1) is 11.4 Å². The molecular formula is C19H29N2. The lowest BCUT2D eigenvalue weighted by molar-refractivity contribution is 0.568. The topological polar surface area (TPSA) is 26.5 Å². The van der Waals surface area contributed by atoms with Crippen molar-refractivity contribution in [3.05, 3.63) is 29.3 Å². The maximum atomic E-state index is 4.37. The molecule has 1 aliphatic heterocycles. The van der Waals surface area contributed by atoms with E-state index in [-0.39, 0.29) is 0 Å². The molecule has 2 heteroatoms. The molecule has 115 valence electrons. The summed E-state index contributed by atoms with van der Waals surface area (Å²) in [5, 5.41) is 4.37. The summed E-state index contributed by atoms with van der Waals surface area (Å²) in [6.45, 7) is 4.43. The van der Waals surface area contributed by atoms with Gasteiger partial charge in [0, 0.05) is 5.56 Å². The molecule has 0 fully saturated rings. The van der Waals surface area contributed by atoms with E-state index in [0.717, 1.165) is 12.1 Å². The number of unbranched alkanes of at least 4 members (excludes halogenated alkanes) is 8. The van der Waals surface area contributed by atoms with Crippen molar-refractivity contribution in [1.29, 1.82) is 0 Å². The van der Waals surface area contributed by atoms with E-state index in [1.54, 1.807) is 0 Å². The fourth-order valence-corrected chi connectivity index (χ4v) is 3.05. The smallest absolute Gasteiger partial charge is 0.0950 e. The standard InChI is InChI=1S/C19H29N2/c1-3-4-5-6-7-8-9-10-11-14-17-19-16(2)13-12-15-18(19)21-20-17/h12-13,15H,3-11,14H2,1-2H3. The van der Waals surface area contributed by atoms with E-state index in [1.165, 1.54) is 74.6 Å². The van der Waals surface area contributed by atoms with Gasteiger partial charge in [-0.1, -0.05) is 70.4 Å². The SMILES string of the molecule is CCCCCCCCCCCC1=N[N]c2cccc(C)c21. The summed E-state index contributed by atoms with van der Waals surface area (Å²) in [4.78, 5) is 0. The van der Waals surface area contributed by atoms with Crippen molar-refractivity contribution in [3.63, 3.8) is 0 Å². The largest absolute Gasteiger partial charge is 0.154 e. The highest BCUT2D eigenvalue weighted by molar-refractivity contribution is 6.07. The Hall–Kier alpha value is -1.31. The van der Waals surface area contributed by atoms with Crippen molar-refractivity contribution >= 4 is 11.4 Å². The minimum atomic E-state index is 1.06. The predicted octanol–water partition coefficient (Wildman–Crippen LogP) is 5.87. The van der Waals surface area contributed by atoms with Crippen LogP contribution in [0.3, 0.4) is 0 Å². The van der Waals surface area contributed by atoms with Crippen LogP contribution in [0.1, 0.15) is 82.3 Å². The first kappa shape index (κ1) is 16.1. The molecule has 1 aliphatic rings. The van der Waals surface area contributed by atoms with Gasteiger partial charge < -0.3 is 0 Å². The molecule has 0 saturated heterocycles. The summed E-state index contributed by atoms with van der Waals surface area (Å²) in [6, 6.07) is 6.29. The lowest BCUT2D eigenvalue weighted by atomic mass is 9.98. The number of fused-ring (bicyclic) bond motifs is 1. The molecule has 0 spiro atoms. The molecule has 21 heavy (non-hydrogen) atoms. The van der Waals surface area contributed by atoms with Crippen LogP contribution in [0.5, 0.6) is 0 Å². The van der Waals surface area contributed by atoms with Crippen molar-refractivity contribution in [3.8, 4) is 0 Å². The summed E-state index contributed by atoms with van der Waals surface area (Å²) in [7, 11) is 0. The van der Waals surface area contributed by atoms with Crippen molar-refractivity contribution in [2.45, 2.75) is 78.1 Å².